The van der Waals surface area contributed by atoms with E-state index >= 15 is 0 Å². The third-order valence-corrected chi connectivity index (χ3v) is 7.97. The molecule has 0 radical (unpaired) electrons. The molecule has 1 aromatic carbocycles. The first-order valence-corrected chi connectivity index (χ1v) is 12.9. The number of rotatable bonds is 6. The molecule has 0 bridgehead atoms. The summed E-state index contributed by atoms with van der Waals surface area (Å²) in [4.78, 5) is 17.2. The number of carbonyl (C=O) groups excluding carboxylic acids is 1. The van der Waals surface area contributed by atoms with Crippen LogP contribution in [-0.4, -0.2) is 57.8 Å². The molecule has 33 heavy (non-hydrogen) atoms. The molecule has 0 spiro atoms. The number of benzene rings is 1. The number of piperidine rings is 1. The fourth-order valence-electron chi connectivity index (χ4n) is 3.84. The molecule has 1 saturated heterocycles. The van der Waals surface area contributed by atoms with Crippen LogP contribution in [0.25, 0.3) is 10.4 Å². The number of amides is 1. The summed E-state index contributed by atoms with van der Waals surface area (Å²) in [5.74, 6) is 0.429. The second-order valence-corrected chi connectivity index (χ2v) is 9.92. The first-order valence-electron chi connectivity index (χ1n) is 10.9. The summed E-state index contributed by atoms with van der Waals surface area (Å²) in [6.45, 7) is 8.73. The summed E-state index contributed by atoms with van der Waals surface area (Å²) >= 11 is 19.0. The van der Waals surface area contributed by atoms with Crippen LogP contribution in [0.5, 0.6) is 5.75 Å². The third kappa shape index (κ3) is 5.98. The average molecular weight is 528 g/mol. The van der Waals surface area contributed by atoms with E-state index in [0.29, 0.717) is 44.4 Å². The quantitative estimate of drug-likeness (QED) is 0.291. The van der Waals surface area contributed by atoms with Crippen LogP contribution in [0.15, 0.2) is 28.7 Å². The SMILES string of the molecule is CCN(CC)C(=O)C1CCN(C(=S)NN=C(C)c2csc(-c3ccc(Cl)c(Cl)c3)c2O)CC1. The number of nitrogens with one attached hydrogen (secondary N) is 1. The fraction of sp³-hybridized carbons (Fsp3) is 0.435. The number of aromatic hydroxyl groups is 1. The van der Waals surface area contributed by atoms with Crippen LogP contribution in [0.4, 0.5) is 0 Å². The van der Waals surface area contributed by atoms with Crippen LogP contribution < -0.4 is 5.43 Å². The number of hydrogen-bond donors (Lipinski definition) is 2. The topological polar surface area (TPSA) is 68.2 Å². The molecule has 2 heterocycles. The Labute approximate surface area is 214 Å². The van der Waals surface area contributed by atoms with Crippen molar-refractivity contribution in [2.24, 2.45) is 11.0 Å². The highest BCUT2D eigenvalue weighted by atomic mass is 35.5. The number of nitrogens with zero attached hydrogens (tertiary/aromatic N) is 3. The number of thiocarbonyl (C=S) groups is 1. The predicted molar refractivity (Wildman–Crippen MR) is 142 cm³/mol. The maximum atomic E-state index is 12.6. The fourth-order valence-corrected chi connectivity index (χ4v) is 5.37. The van der Waals surface area contributed by atoms with Crippen LogP contribution >= 0.6 is 46.8 Å². The second-order valence-electron chi connectivity index (χ2n) is 7.84. The first kappa shape index (κ1) is 25.7. The normalized spacial score (nSPS) is 14.9. The monoisotopic (exact) mass is 526 g/mol. The minimum Gasteiger partial charge on any atom is -0.506 e. The van der Waals surface area contributed by atoms with Gasteiger partial charge in [-0.3, -0.25) is 10.2 Å². The molecule has 0 atom stereocenters. The van der Waals surface area contributed by atoms with E-state index in [4.69, 9.17) is 35.4 Å². The van der Waals surface area contributed by atoms with Gasteiger partial charge in [-0.1, -0.05) is 29.3 Å². The van der Waals surface area contributed by atoms with Crippen molar-refractivity contribution in [2.45, 2.75) is 33.6 Å². The van der Waals surface area contributed by atoms with Gasteiger partial charge in [-0.15, -0.1) is 11.3 Å². The molecule has 1 fully saturated rings. The van der Waals surface area contributed by atoms with Crippen molar-refractivity contribution in [3.8, 4) is 16.2 Å². The minimum absolute atomic E-state index is 0.0525. The summed E-state index contributed by atoms with van der Waals surface area (Å²) in [7, 11) is 0. The minimum atomic E-state index is 0.0525. The Morgan fingerprint density at radius 1 is 1.27 bits per heavy atom. The van der Waals surface area contributed by atoms with Gasteiger partial charge in [0, 0.05) is 37.5 Å². The Balaban J connectivity index is 1.60. The van der Waals surface area contributed by atoms with E-state index in [0.717, 1.165) is 31.5 Å². The molecule has 1 aromatic heterocycles. The van der Waals surface area contributed by atoms with E-state index < -0.39 is 0 Å². The third-order valence-electron chi connectivity index (χ3n) is 5.86. The summed E-state index contributed by atoms with van der Waals surface area (Å²) in [6.07, 6.45) is 1.55. The highest BCUT2D eigenvalue weighted by Gasteiger charge is 2.28. The van der Waals surface area contributed by atoms with E-state index in [1.54, 1.807) is 12.1 Å². The summed E-state index contributed by atoms with van der Waals surface area (Å²) in [5, 5.41) is 18.4. The molecule has 2 aromatic rings. The molecule has 2 N–H and O–H groups in total. The van der Waals surface area contributed by atoms with Crippen LogP contribution in [-0.2, 0) is 4.79 Å². The van der Waals surface area contributed by atoms with Crippen molar-refractivity contribution >= 4 is 63.5 Å². The van der Waals surface area contributed by atoms with E-state index in [1.165, 1.54) is 11.3 Å². The van der Waals surface area contributed by atoms with Crippen molar-refractivity contribution in [3.05, 3.63) is 39.2 Å². The van der Waals surface area contributed by atoms with Crippen molar-refractivity contribution in [1.82, 2.24) is 15.2 Å². The lowest BCUT2D eigenvalue weighted by Crippen LogP contribution is -2.46. The highest BCUT2D eigenvalue weighted by Crippen LogP contribution is 2.40. The van der Waals surface area contributed by atoms with Crippen molar-refractivity contribution in [3.63, 3.8) is 0 Å². The van der Waals surface area contributed by atoms with Crippen molar-refractivity contribution in [2.75, 3.05) is 26.2 Å². The lowest BCUT2D eigenvalue weighted by molar-refractivity contribution is -0.136. The van der Waals surface area contributed by atoms with Crippen LogP contribution in [0.2, 0.25) is 10.0 Å². The molecule has 6 nitrogen and oxygen atoms in total. The zero-order valence-electron chi connectivity index (χ0n) is 18.9. The zero-order chi connectivity index (χ0) is 24.1. The zero-order valence-corrected chi connectivity index (χ0v) is 22.0. The van der Waals surface area contributed by atoms with Crippen molar-refractivity contribution < 1.29 is 9.90 Å². The van der Waals surface area contributed by atoms with E-state index in [9.17, 15) is 9.90 Å². The highest BCUT2D eigenvalue weighted by molar-refractivity contribution is 7.80. The number of thiophene rings is 1. The maximum absolute atomic E-state index is 12.6. The van der Waals surface area contributed by atoms with E-state index in [-0.39, 0.29) is 17.6 Å². The van der Waals surface area contributed by atoms with Crippen LogP contribution in [0.3, 0.4) is 0 Å². The Morgan fingerprint density at radius 2 is 1.94 bits per heavy atom. The predicted octanol–water partition coefficient (Wildman–Crippen LogP) is 5.61. The van der Waals surface area contributed by atoms with Crippen LogP contribution in [0, 0.1) is 5.92 Å². The molecular weight excluding hydrogens is 499 g/mol. The molecule has 178 valence electrons. The smallest absolute Gasteiger partial charge is 0.225 e. The molecule has 3 rings (SSSR count). The standard InChI is InChI=1S/C23H28Cl2N4O2S2/c1-4-28(5-2)22(31)15-8-10-29(11-9-15)23(32)27-26-14(3)17-13-33-21(20(17)30)16-6-7-18(24)19(25)12-16/h6-7,12-13,15,30H,4-5,8-11H2,1-3H3,(H,27,32). The lowest BCUT2D eigenvalue weighted by Gasteiger charge is -2.34. The molecular formula is C23H28Cl2N4O2S2. The van der Waals surface area contributed by atoms with Gasteiger partial charge in [0.25, 0.3) is 0 Å². The van der Waals surface area contributed by atoms with E-state index in [2.05, 4.69) is 10.5 Å². The second kappa shape index (κ2) is 11.5. The molecule has 1 aliphatic rings. The summed E-state index contributed by atoms with van der Waals surface area (Å²) < 4.78 is 0. The Bertz CT molecular complexity index is 1050. The largest absolute Gasteiger partial charge is 0.506 e. The van der Waals surface area contributed by atoms with E-state index in [1.807, 2.05) is 42.0 Å². The summed E-state index contributed by atoms with van der Waals surface area (Å²) in [6, 6.07) is 5.25. The van der Waals surface area contributed by atoms with Gasteiger partial charge in [-0.25, -0.2) is 0 Å². The number of hydrogen-bond acceptors (Lipinski definition) is 5. The number of likely N-dealkylation sites (tertiary alicyclic amines) is 1. The Kier molecular flexibility index (Phi) is 8.98. The van der Waals surface area contributed by atoms with Gasteiger partial charge in [0.15, 0.2) is 5.11 Å². The number of halogens is 2. The van der Waals surface area contributed by atoms with Crippen molar-refractivity contribution in [1.29, 1.82) is 0 Å². The van der Waals surface area contributed by atoms with Gasteiger partial charge in [0.1, 0.15) is 5.75 Å². The first-order chi connectivity index (χ1) is 15.8. The molecule has 0 saturated carbocycles. The molecule has 0 aliphatic carbocycles. The Hall–Kier alpha value is -1.87. The van der Waals surface area contributed by atoms with Gasteiger partial charge < -0.3 is 14.9 Å². The molecule has 1 amide bonds. The lowest BCUT2D eigenvalue weighted by atomic mass is 9.95. The van der Waals surface area contributed by atoms with Gasteiger partial charge in [0.2, 0.25) is 5.91 Å². The van der Waals surface area contributed by atoms with Gasteiger partial charge in [0.05, 0.1) is 26.2 Å². The van der Waals surface area contributed by atoms with Gasteiger partial charge >= 0.3 is 0 Å². The van der Waals surface area contributed by atoms with Crippen LogP contribution in [0.1, 0.15) is 39.2 Å². The molecule has 10 heteroatoms. The maximum Gasteiger partial charge on any atom is 0.225 e. The summed E-state index contributed by atoms with van der Waals surface area (Å²) in [5.41, 5.74) is 4.97. The average Bonchev–Trinajstić information content (AvgIpc) is 3.21. The number of carbonyl (C=O) groups is 1. The Morgan fingerprint density at radius 3 is 2.55 bits per heavy atom. The molecule has 1 aliphatic heterocycles. The molecule has 0 unspecified atom stereocenters. The van der Waals surface area contributed by atoms with Gasteiger partial charge in [-0.2, -0.15) is 5.10 Å². The number of hydrazone groups is 1. The van der Waals surface area contributed by atoms with Gasteiger partial charge in [-0.05, 0) is 63.5 Å².